The molecule has 0 saturated carbocycles. The van der Waals surface area contributed by atoms with Gasteiger partial charge in [-0.2, -0.15) is 5.10 Å². The molecule has 1 aromatic carbocycles. The first-order chi connectivity index (χ1) is 10.0. The van der Waals surface area contributed by atoms with Gasteiger partial charge in [0, 0.05) is 11.9 Å². The first-order valence-corrected chi connectivity index (χ1v) is 6.97. The van der Waals surface area contributed by atoms with Crippen LogP contribution in [0.2, 0.25) is 0 Å². The van der Waals surface area contributed by atoms with Crippen molar-refractivity contribution < 1.29 is 14.7 Å². The molecule has 0 radical (unpaired) electrons. The van der Waals surface area contributed by atoms with Crippen molar-refractivity contribution in [2.24, 2.45) is 5.92 Å². The fraction of sp³-hybridized carbons (Fsp3) is 0.400. The Morgan fingerprint density at radius 3 is 2.86 bits per heavy atom. The number of carbonyl (C=O) groups excluding carboxylic acids is 1. The molecule has 0 aliphatic carbocycles. The predicted octanol–water partition coefficient (Wildman–Crippen LogP) is 2.10. The molecule has 0 saturated heterocycles. The molecule has 1 amide bonds. The first-order valence-electron chi connectivity index (χ1n) is 6.97. The number of carboxylic acid groups (broad SMARTS) is 1. The molecule has 0 aliphatic rings. The Kier molecular flexibility index (Phi) is 4.57. The van der Waals surface area contributed by atoms with Crippen LogP contribution in [0.5, 0.6) is 0 Å². The highest BCUT2D eigenvalue weighted by Gasteiger charge is 2.19. The Balaban J connectivity index is 2.15. The van der Waals surface area contributed by atoms with Crippen molar-refractivity contribution in [3.63, 3.8) is 0 Å². The summed E-state index contributed by atoms with van der Waals surface area (Å²) in [6, 6.07) is 3.71. The van der Waals surface area contributed by atoms with Gasteiger partial charge in [-0.15, -0.1) is 0 Å². The van der Waals surface area contributed by atoms with Crippen molar-refractivity contribution >= 4 is 22.8 Å². The summed E-state index contributed by atoms with van der Waals surface area (Å²) >= 11 is 0. The second kappa shape index (κ2) is 6.39. The highest BCUT2D eigenvalue weighted by Crippen LogP contribution is 2.18. The van der Waals surface area contributed by atoms with Gasteiger partial charge in [0.25, 0.3) is 5.91 Å². The minimum absolute atomic E-state index is 0.131. The number of H-pyrrole nitrogens is 1. The Morgan fingerprint density at radius 1 is 1.43 bits per heavy atom. The van der Waals surface area contributed by atoms with Gasteiger partial charge in [-0.1, -0.05) is 13.3 Å². The zero-order valence-electron chi connectivity index (χ0n) is 12.1. The Morgan fingerprint density at radius 2 is 2.19 bits per heavy atom. The van der Waals surface area contributed by atoms with E-state index in [9.17, 15) is 9.59 Å². The van der Waals surface area contributed by atoms with Gasteiger partial charge in [0.15, 0.2) is 0 Å². The number of aromatic amines is 1. The molecular weight excluding hydrogens is 270 g/mol. The number of aromatic nitrogens is 2. The van der Waals surface area contributed by atoms with Gasteiger partial charge in [-0.25, -0.2) is 0 Å². The minimum atomic E-state index is -0.881. The van der Waals surface area contributed by atoms with E-state index in [1.54, 1.807) is 12.3 Å². The number of carbonyl (C=O) groups is 2. The van der Waals surface area contributed by atoms with E-state index in [0.29, 0.717) is 17.5 Å². The lowest BCUT2D eigenvalue weighted by atomic mass is 10.0. The normalized spacial score (nSPS) is 12.3. The highest BCUT2D eigenvalue weighted by atomic mass is 16.4. The largest absolute Gasteiger partial charge is 0.481 e. The topological polar surface area (TPSA) is 95.1 Å². The average molecular weight is 289 g/mol. The Hall–Kier alpha value is -2.37. The minimum Gasteiger partial charge on any atom is -0.481 e. The fourth-order valence-corrected chi connectivity index (χ4v) is 2.36. The molecule has 1 aromatic heterocycles. The molecule has 0 spiro atoms. The quantitative estimate of drug-likeness (QED) is 0.759. The molecule has 0 bridgehead atoms. The maximum atomic E-state index is 12.3. The van der Waals surface area contributed by atoms with Crippen LogP contribution < -0.4 is 5.32 Å². The summed E-state index contributed by atoms with van der Waals surface area (Å²) in [4.78, 5) is 23.4. The zero-order chi connectivity index (χ0) is 15.4. The molecule has 2 aromatic rings. The highest BCUT2D eigenvalue weighted by molar-refractivity contribution is 6.05. The third kappa shape index (κ3) is 3.39. The van der Waals surface area contributed by atoms with Gasteiger partial charge in [0.05, 0.1) is 23.2 Å². The molecule has 1 heterocycles. The third-order valence-corrected chi connectivity index (χ3v) is 3.43. The van der Waals surface area contributed by atoms with Crippen LogP contribution >= 0.6 is 0 Å². The van der Waals surface area contributed by atoms with Gasteiger partial charge in [-0.3, -0.25) is 14.7 Å². The van der Waals surface area contributed by atoms with E-state index in [2.05, 4.69) is 15.5 Å². The van der Waals surface area contributed by atoms with Crippen molar-refractivity contribution in [3.8, 4) is 0 Å². The van der Waals surface area contributed by atoms with E-state index in [-0.39, 0.29) is 12.5 Å². The molecule has 21 heavy (non-hydrogen) atoms. The number of aryl methyl sites for hydroxylation is 1. The molecule has 112 valence electrons. The maximum absolute atomic E-state index is 12.3. The van der Waals surface area contributed by atoms with Crippen LogP contribution in [0.3, 0.4) is 0 Å². The number of aliphatic carboxylic acids is 1. The molecule has 1 unspecified atom stereocenters. The molecule has 6 nitrogen and oxygen atoms in total. The predicted molar refractivity (Wildman–Crippen MR) is 79.2 cm³/mol. The molecule has 2 rings (SSSR count). The molecular formula is C15H19N3O3. The lowest BCUT2D eigenvalue weighted by molar-refractivity contribution is -0.141. The zero-order valence-corrected chi connectivity index (χ0v) is 12.1. The summed E-state index contributed by atoms with van der Waals surface area (Å²) in [6.45, 7) is 3.96. The summed E-state index contributed by atoms with van der Waals surface area (Å²) in [5.74, 6) is -1.72. The number of hydrogen-bond donors (Lipinski definition) is 3. The van der Waals surface area contributed by atoms with Crippen molar-refractivity contribution in [1.29, 1.82) is 0 Å². The van der Waals surface area contributed by atoms with Gasteiger partial charge in [-0.05, 0) is 31.0 Å². The van der Waals surface area contributed by atoms with Gasteiger partial charge in [0.1, 0.15) is 0 Å². The van der Waals surface area contributed by atoms with Crippen LogP contribution in [-0.4, -0.2) is 33.7 Å². The summed E-state index contributed by atoms with van der Waals surface area (Å²) in [5, 5.41) is 19.4. The van der Waals surface area contributed by atoms with Gasteiger partial charge < -0.3 is 10.4 Å². The summed E-state index contributed by atoms with van der Waals surface area (Å²) in [5.41, 5.74) is 2.11. The van der Waals surface area contributed by atoms with Crippen LogP contribution in [0, 0.1) is 12.8 Å². The SMILES string of the molecule is CCCC(CNC(=O)c1cc(C)cc2cn[nH]c12)C(=O)O. The molecule has 3 N–H and O–H groups in total. The number of amides is 1. The van der Waals surface area contributed by atoms with Crippen LogP contribution in [0.1, 0.15) is 35.7 Å². The summed E-state index contributed by atoms with van der Waals surface area (Å²) < 4.78 is 0. The lowest BCUT2D eigenvalue weighted by Crippen LogP contribution is -2.33. The average Bonchev–Trinajstić information content (AvgIpc) is 2.89. The van der Waals surface area contributed by atoms with E-state index in [4.69, 9.17) is 5.11 Å². The van der Waals surface area contributed by atoms with Gasteiger partial charge >= 0.3 is 5.97 Å². The third-order valence-electron chi connectivity index (χ3n) is 3.43. The second-order valence-corrected chi connectivity index (χ2v) is 5.18. The second-order valence-electron chi connectivity index (χ2n) is 5.18. The van der Waals surface area contributed by atoms with E-state index in [1.165, 1.54) is 0 Å². The number of nitrogens with zero attached hydrogens (tertiary/aromatic N) is 1. The summed E-state index contributed by atoms with van der Waals surface area (Å²) in [7, 11) is 0. The monoisotopic (exact) mass is 289 g/mol. The summed E-state index contributed by atoms with van der Waals surface area (Å²) in [6.07, 6.45) is 2.97. The standard InChI is InChI=1S/C15H19N3O3/c1-3-4-10(15(20)21)7-16-14(19)12-6-9(2)5-11-8-17-18-13(11)12/h5-6,8,10H,3-4,7H2,1-2H3,(H,16,19)(H,17,18)(H,20,21). The smallest absolute Gasteiger partial charge is 0.308 e. The molecule has 0 fully saturated rings. The van der Waals surface area contributed by atoms with Crippen LogP contribution in [0.15, 0.2) is 18.3 Å². The number of fused-ring (bicyclic) bond motifs is 1. The van der Waals surface area contributed by atoms with E-state index >= 15 is 0 Å². The van der Waals surface area contributed by atoms with Crippen molar-refractivity contribution in [2.45, 2.75) is 26.7 Å². The van der Waals surface area contributed by atoms with Crippen LogP contribution in [-0.2, 0) is 4.79 Å². The van der Waals surface area contributed by atoms with E-state index < -0.39 is 11.9 Å². The molecule has 0 aliphatic heterocycles. The Labute approximate surface area is 122 Å². The Bertz CT molecular complexity index is 663. The molecule has 6 heteroatoms. The van der Waals surface area contributed by atoms with Crippen molar-refractivity contribution in [3.05, 3.63) is 29.5 Å². The van der Waals surface area contributed by atoms with E-state index in [0.717, 1.165) is 17.4 Å². The first kappa shape index (κ1) is 15.0. The number of carboxylic acids is 1. The van der Waals surface area contributed by atoms with E-state index in [1.807, 2.05) is 19.9 Å². The van der Waals surface area contributed by atoms with Crippen molar-refractivity contribution in [1.82, 2.24) is 15.5 Å². The number of rotatable bonds is 6. The van der Waals surface area contributed by atoms with Crippen LogP contribution in [0.4, 0.5) is 0 Å². The fourth-order valence-electron chi connectivity index (χ4n) is 2.36. The van der Waals surface area contributed by atoms with Crippen molar-refractivity contribution in [2.75, 3.05) is 6.54 Å². The lowest BCUT2D eigenvalue weighted by Gasteiger charge is -2.13. The number of benzene rings is 1. The van der Waals surface area contributed by atoms with Gasteiger partial charge in [0.2, 0.25) is 0 Å². The molecule has 1 atom stereocenters. The number of nitrogens with one attached hydrogen (secondary N) is 2. The maximum Gasteiger partial charge on any atom is 0.308 e. The number of hydrogen-bond acceptors (Lipinski definition) is 3. The van der Waals surface area contributed by atoms with Crippen LogP contribution in [0.25, 0.3) is 10.9 Å².